The number of hydrogen-bond donors (Lipinski definition) is 0. The van der Waals surface area contributed by atoms with Crippen LogP contribution in [0.5, 0.6) is 5.75 Å². The number of rotatable bonds is 8. The molecule has 0 saturated carbocycles. The third-order valence-electron chi connectivity index (χ3n) is 2.33. The summed E-state index contributed by atoms with van der Waals surface area (Å²) in [4.78, 5) is 0. The molecule has 0 aliphatic rings. The van der Waals surface area contributed by atoms with Crippen LogP contribution in [0.3, 0.4) is 0 Å². The lowest BCUT2D eigenvalue weighted by Gasteiger charge is -2.09. The van der Waals surface area contributed by atoms with Gasteiger partial charge < -0.3 is 9.47 Å². The Morgan fingerprint density at radius 3 is 2.33 bits per heavy atom. The standard InChI is InChI=1S/C13H17BrF2O2/c1-2-3-4-17-5-6-18-13-11(15)7-10(9-14)8-12(13)16/h7-8H,2-6,9H2,1H3. The van der Waals surface area contributed by atoms with Crippen molar-refractivity contribution in [3.05, 3.63) is 29.3 Å². The Labute approximate surface area is 114 Å². The van der Waals surface area contributed by atoms with Gasteiger partial charge in [-0.25, -0.2) is 8.78 Å². The van der Waals surface area contributed by atoms with Crippen LogP contribution in [0.4, 0.5) is 8.78 Å². The van der Waals surface area contributed by atoms with E-state index < -0.39 is 11.6 Å². The number of halogens is 3. The van der Waals surface area contributed by atoms with Crippen LogP contribution in [0.2, 0.25) is 0 Å². The van der Waals surface area contributed by atoms with Gasteiger partial charge in [-0.15, -0.1) is 0 Å². The van der Waals surface area contributed by atoms with Crippen molar-refractivity contribution in [2.24, 2.45) is 0 Å². The van der Waals surface area contributed by atoms with Gasteiger partial charge in [0.25, 0.3) is 0 Å². The highest BCUT2D eigenvalue weighted by molar-refractivity contribution is 9.08. The summed E-state index contributed by atoms with van der Waals surface area (Å²) in [5.41, 5.74) is 0.538. The average molecular weight is 323 g/mol. The van der Waals surface area contributed by atoms with Crippen LogP contribution < -0.4 is 4.74 Å². The first-order valence-electron chi connectivity index (χ1n) is 5.93. The second-order valence-corrected chi connectivity index (χ2v) is 4.40. The van der Waals surface area contributed by atoms with E-state index in [0.29, 0.717) is 24.1 Å². The first-order chi connectivity index (χ1) is 8.69. The van der Waals surface area contributed by atoms with Crippen molar-refractivity contribution in [1.82, 2.24) is 0 Å². The molecule has 0 N–H and O–H groups in total. The van der Waals surface area contributed by atoms with Crippen LogP contribution in [0.15, 0.2) is 12.1 Å². The second kappa shape index (κ2) is 8.43. The van der Waals surface area contributed by atoms with Gasteiger partial charge in [-0.2, -0.15) is 0 Å². The Hall–Kier alpha value is -0.680. The molecule has 0 radical (unpaired) electrons. The molecule has 0 spiro atoms. The lowest BCUT2D eigenvalue weighted by atomic mass is 10.2. The predicted molar refractivity (Wildman–Crippen MR) is 70.2 cm³/mol. The van der Waals surface area contributed by atoms with Gasteiger partial charge in [0.15, 0.2) is 17.4 Å². The molecule has 1 aromatic rings. The molecule has 0 saturated heterocycles. The molecule has 0 atom stereocenters. The lowest BCUT2D eigenvalue weighted by molar-refractivity contribution is 0.0951. The van der Waals surface area contributed by atoms with Crippen molar-refractivity contribution < 1.29 is 18.3 Å². The van der Waals surface area contributed by atoms with E-state index in [1.54, 1.807) is 0 Å². The Balaban J connectivity index is 2.42. The quantitative estimate of drug-likeness (QED) is 0.531. The maximum absolute atomic E-state index is 13.5. The summed E-state index contributed by atoms with van der Waals surface area (Å²) in [5, 5.41) is 0.404. The largest absolute Gasteiger partial charge is 0.485 e. The summed E-state index contributed by atoms with van der Waals surface area (Å²) in [6, 6.07) is 2.51. The molecular weight excluding hydrogens is 306 g/mol. The molecule has 102 valence electrons. The molecule has 2 nitrogen and oxygen atoms in total. The lowest BCUT2D eigenvalue weighted by Crippen LogP contribution is -2.09. The SMILES string of the molecule is CCCCOCCOc1c(F)cc(CBr)cc1F. The van der Waals surface area contributed by atoms with Crippen LogP contribution in [0.1, 0.15) is 25.3 Å². The fraction of sp³-hybridized carbons (Fsp3) is 0.538. The smallest absolute Gasteiger partial charge is 0.190 e. The van der Waals surface area contributed by atoms with E-state index in [1.165, 1.54) is 12.1 Å². The molecule has 0 fully saturated rings. The van der Waals surface area contributed by atoms with Crippen molar-refractivity contribution >= 4 is 15.9 Å². The third kappa shape index (κ3) is 4.90. The predicted octanol–water partition coefficient (Wildman–Crippen LogP) is 4.06. The topological polar surface area (TPSA) is 18.5 Å². The minimum Gasteiger partial charge on any atom is -0.485 e. The molecule has 0 amide bonds. The van der Waals surface area contributed by atoms with Gasteiger partial charge in [0, 0.05) is 11.9 Å². The summed E-state index contributed by atoms with van der Waals surface area (Å²) in [5.74, 6) is -1.70. The van der Waals surface area contributed by atoms with Gasteiger partial charge in [-0.1, -0.05) is 29.3 Å². The highest BCUT2D eigenvalue weighted by Gasteiger charge is 2.12. The maximum atomic E-state index is 13.5. The summed E-state index contributed by atoms with van der Waals surface area (Å²) in [7, 11) is 0. The zero-order valence-corrected chi connectivity index (χ0v) is 11.9. The highest BCUT2D eigenvalue weighted by atomic mass is 79.9. The number of hydrogen-bond acceptors (Lipinski definition) is 2. The van der Waals surface area contributed by atoms with Crippen LogP contribution in [0, 0.1) is 11.6 Å². The van der Waals surface area contributed by atoms with Crippen molar-refractivity contribution in [1.29, 1.82) is 0 Å². The van der Waals surface area contributed by atoms with Crippen molar-refractivity contribution in [3.8, 4) is 5.75 Å². The fourth-order valence-corrected chi connectivity index (χ4v) is 1.70. The Kier molecular flexibility index (Phi) is 7.20. The second-order valence-electron chi connectivity index (χ2n) is 3.84. The maximum Gasteiger partial charge on any atom is 0.190 e. The van der Waals surface area contributed by atoms with E-state index in [0.717, 1.165) is 12.8 Å². The minimum atomic E-state index is -0.682. The Morgan fingerprint density at radius 2 is 1.78 bits per heavy atom. The van der Waals surface area contributed by atoms with Gasteiger partial charge in [0.2, 0.25) is 0 Å². The van der Waals surface area contributed by atoms with Crippen molar-refractivity contribution in [3.63, 3.8) is 0 Å². The zero-order valence-electron chi connectivity index (χ0n) is 10.3. The van der Waals surface area contributed by atoms with Gasteiger partial charge in [-0.3, -0.25) is 0 Å². The van der Waals surface area contributed by atoms with Crippen LogP contribution >= 0.6 is 15.9 Å². The molecule has 0 aromatic heterocycles. The van der Waals surface area contributed by atoms with Gasteiger partial charge in [0.05, 0.1) is 6.61 Å². The zero-order chi connectivity index (χ0) is 13.4. The Bertz CT molecular complexity index is 349. The van der Waals surface area contributed by atoms with Crippen LogP contribution in [-0.4, -0.2) is 19.8 Å². The highest BCUT2D eigenvalue weighted by Crippen LogP contribution is 2.24. The molecule has 1 rings (SSSR count). The van der Waals surface area contributed by atoms with Crippen LogP contribution in [-0.2, 0) is 10.1 Å². The minimum absolute atomic E-state index is 0.144. The molecule has 0 aliphatic heterocycles. The number of ether oxygens (including phenoxy) is 2. The molecule has 0 unspecified atom stereocenters. The summed E-state index contributed by atoms with van der Waals surface area (Å²) in [6.07, 6.45) is 2.03. The summed E-state index contributed by atoms with van der Waals surface area (Å²) >= 11 is 3.14. The first-order valence-corrected chi connectivity index (χ1v) is 7.05. The normalized spacial score (nSPS) is 10.7. The van der Waals surface area contributed by atoms with Crippen molar-refractivity contribution in [2.45, 2.75) is 25.1 Å². The Morgan fingerprint density at radius 1 is 1.11 bits per heavy atom. The monoisotopic (exact) mass is 322 g/mol. The third-order valence-corrected chi connectivity index (χ3v) is 2.98. The van der Waals surface area contributed by atoms with E-state index in [2.05, 4.69) is 22.9 Å². The van der Waals surface area contributed by atoms with Gasteiger partial charge in [0.1, 0.15) is 6.61 Å². The van der Waals surface area contributed by atoms with Gasteiger partial charge in [-0.05, 0) is 24.1 Å². The summed E-state index contributed by atoms with van der Waals surface area (Å²) < 4.78 is 37.3. The number of benzene rings is 1. The fourth-order valence-electron chi connectivity index (χ4n) is 1.38. The average Bonchev–Trinajstić information content (AvgIpc) is 2.35. The van der Waals surface area contributed by atoms with E-state index in [1.807, 2.05) is 0 Å². The van der Waals surface area contributed by atoms with E-state index >= 15 is 0 Å². The number of unbranched alkanes of at least 4 members (excludes halogenated alkanes) is 1. The van der Waals surface area contributed by atoms with Crippen LogP contribution in [0.25, 0.3) is 0 Å². The molecular formula is C13H17BrF2O2. The van der Waals surface area contributed by atoms with E-state index in [4.69, 9.17) is 9.47 Å². The molecule has 1 aromatic carbocycles. The first kappa shape index (κ1) is 15.4. The van der Waals surface area contributed by atoms with Gasteiger partial charge >= 0.3 is 0 Å². The molecule has 0 bridgehead atoms. The van der Waals surface area contributed by atoms with E-state index in [9.17, 15) is 8.78 Å². The molecule has 0 heterocycles. The summed E-state index contributed by atoms with van der Waals surface area (Å²) in [6.45, 7) is 3.19. The number of alkyl halides is 1. The van der Waals surface area contributed by atoms with Crippen molar-refractivity contribution in [2.75, 3.05) is 19.8 Å². The van der Waals surface area contributed by atoms with E-state index in [-0.39, 0.29) is 12.4 Å². The molecule has 18 heavy (non-hydrogen) atoms. The molecule has 0 aliphatic carbocycles. The molecule has 5 heteroatoms.